The van der Waals surface area contributed by atoms with E-state index in [2.05, 4.69) is 31.7 Å². The molecule has 10 heteroatoms. The van der Waals surface area contributed by atoms with Crippen molar-refractivity contribution in [2.45, 2.75) is 103 Å². The summed E-state index contributed by atoms with van der Waals surface area (Å²) in [5.74, 6) is 3.18. The molecule has 244 valence electrons. The Bertz CT molecular complexity index is 1340. The minimum Gasteiger partial charge on any atom is -0.405 e. The number of aliphatic hydroxyl groups is 1. The molecule has 5 aliphatic carbocycles. The molecule has 1 aliphatic heterocycles. The molecule has 4 bridgehead atoms. The number of hydrogen-bond acceptors (Lipinski definition) is 7. The van der Waals surface area contributed by atoms with Crippen molar-refractivity contribution in [1.82, 2.24) is 16.0 Å². The summed E-state index contributed by atoms with van der Waals surface area (Å²) in [6, 6.07) is 9.01. The smallest absolute Gasteiger partial charge is 0.405 e. The largest absolute Gasteiger partial charge is 0.573 e. The highest BCUT2D eigenvalue weighted by atomic mass is 19.4. The lowest BCUT2D eigenvalue weighted by Gasteiger charge is -2.60. The van der Waals surface area contributed by atoms with Crippen molar-refractivity contribution < 1.29 is 23.0 Å². The summed E-state index contributed by atoms with van der Waals surface area (Å²) in [7, 11) is 0. The van der Waals surface area contributed by atoms with Crippen molar-refractivity contribution in [3.05, 3.63) is 52.5 Å². The van der Waals surface area contributed by atoms with Crippen LogP contribution in [0.15, 0.2) is 51.9 Å². The zero-order chi connectivity index (χ0) is 31.6. The van der Waals surface area contributed by atoms with Gasteiger partial charge in [0.25, 0.3) is 0 Å². The molecule has 4 N–H and O–H groups in total. The van der Waals surface area contributed by atoms with Crippen LogP contribution in [0, 0.1) is 40.4 Å². The maximum Gasteiger partial charge on any atom is 0.573 e. The minimum atomic E-state index is -4.77. The van der Waals surface area contributed by atoms with E-state index >= 15 is 0 Å². The Morgan fingerprint density at radius 3 is 2.49 bits per heavy atom. The molecule has 1 aromatic rings. The number of allylic oxidation sites excluding steroid dienone is 2. The Hall–Kier alpha value is -3.03. The maximum absolute atomic E-state index is 12.9. The fraction of sp³-hybridized carbons (Fsp3) is 0.657. The molecule has 7 nitrogen and oxygen atoms in total. The van der Waals surface area contributed by atoms with Crippen LogP contribution in [0.5, 0.6) is 5.75 Å². The predicted molar refractivity (Wildman–Crippen MR) is 167 cm³/mol. The first-order chi connectivity index (χ1) is 21.6. The van der Waals surface area contributed by atoms with Crippen LogP contribution in [0.3, 0.4) is 0 Å². The molecular formula is C35H46F3N5O2. The average molecular weight is 626 g/mol. The summed E-state index contributed by atoms with van der Waals surface area (Å²) in [5.41, 5.74) is 2.98. The van der Waals surface area contributed by atoms with Crippen LogP contribution >= 0.6 is 0 Å². The number of benzene rings is 1. The second-order valence-electron chi connectivity index (χ2n) is 14.2. The highest BCUT2D eigenvalue weighted by Crippen LogP contribution is 2.60. The SMILES string of the molecule is CCC1=C(NCc2ccccc2OC(F)(F)F)N=CC(C#N)=C(NCC23CC4CC(C2)C(NCC2CCC(O)CC2)C(C4)C3)C1. The Kier molecular flexibility index (Phi) is 9.49. The first-order valence-corrected chi connectivity index (χ1v) is 16.8. The van der Waals surface area contributed by atoms with Crippen LogP contribution in [-0.4, -0.2) is 42.9 Å². The summed E-state index contributed by atoms with van der Waals surface area (Å²) in [4.78, 5) is 4.58. The molecule has 0 radical (unpaired) electrons. The van der Waals surface area contributed by atoms with Crippen LogP contribution in [0.1, 0.15) is 83.1 Å². The van der Waals surface area contributed by atoms with Gasteiger partial charge in [-0.15, -0.1) is 13.2 Å². The fourth-order valence-electron chi connectivity index (χ4n) is 9.15. The zero-order valence-corrected chi connectivity index (χ0v) is 26.1. The number of alkyl halides is 3. The molecule has 5 saturated carbocycles. The number of hydrogen-bond donors (Lipinski definition) is 4. The van der Waals surface area contributed by atoms with E-state index in [1.54, 1.807) is 18.3 Å². The summed E-state index contributed by atoms with van der Waals surface area (Å²) in [6.07, 6.45) is 8.32. The Labute approximate surface area is 264 Å². The highest BCUT2D eigenvalue weighted by Gasteiger charge is 2.55. The molecule has 0 aromatic heterocycles. The van der Waals surface area contributed by atoms with E-state index in [1.165, 1.54) is 44.2 Å². The molecule has 5 fully saturated rings. The summed E-state index contributed by atoms with van der Waals surface area (Å²) < 4.78 is 43.0. The molecule has 45 heavy (non-hydrogen) atoms. The van der Waals surface area contributed by atoms with Gasteiger partial charge in [-0.2, -0.15) is 5.26 Å². The van der Waals surface area contributed by atoms with E-state index in [0.29, 0.717) is 53.6 Å². The van der Waals surface area contributed by atoms with Crippen molar-refractivity contribution in [2.24, 2.45) is 34.1 Å². The quantitative estimate of drug-likeness (QED) is 0.225. The van der Waals surface area contributed by atoms with Crippen molar-refractivity contribution in [3.63, 3.8) is 0 Å². The van der Waals surface area contributed by atoms with Gasteiger partial charge in [-0.25, -0.2) is 4.99 Å². The Balaban J connectivity index is 1.09. The number of aliphatic imine (C=N–C) groups is 1. The van der Waals surface area contributed by atoms with Gasteiger partial charge in [-0.3, -0.25) is 0 Å². The lowest BCUT2D eigenvalue weighted by atomic mass is 9.48. The molecule has 1 aromatic carbocycles. The third-order valence-electron chi connectivity index (χ3n) is 11.1. The van der Waals surface area contributed by atoms with E-state index in [9.17, 15) is 23.5 Å². The molecule has 2 unspecified atom stereocenters. The van der Waals surface area contributed by atoms with Gasteiger partial charge in [0.05, 0.1) is 11.7 Å². The van der Waals surface area contributed by atoms with Gasteiger partial charge in [0.1, 0.15) is 17.6 Å². The summed E-state index contributed by atoms with van der Waals surface area (Å²) in [6.45, 7) is 4.06. The van der Waals surface area contributed by atoms with E-state index < -0.39 is 6.36 Å². The summed E-state index contributed by atoms with van der Waals surface area (Å²) in [5, 5.41) is 30.9. The lowest BCUT2D eigenvalue weighted by molar-refractivity contribution is -0.274. The van der Waals surface area contributed by atoms with Gasteiger partial charge < -0.3 is 25.8 Å². The molecule has 0 amide bonds. The van der Waals surface area contributed by atoms with Gasteiger partial charge in [0.2, 0.25) is 0 Å². The van der Waals surface area contributed by atoms with Gasteiger partial charge in [0, 0.05) is 43.0 Å². The molecule has 0 spiro atoms. The number of rotatable bonds is 11. The molecular weight excluding hydrogens is 579 g/mol. The van der Waals surface area contributed by atoms with E-state index in [1.807, 2.05) is 6.92 Å². The number of aliphatic hydroxyl groups excluding tert-OH is 1. The molecule has 6 aliphatic rings. The number of halogens is 3. The van der Waals surface area contributed by atoms with Crippen LogP contribution in [0.2, 0.25) is 0 Å². The number of nitrogens with one attached hydrogen (secondary N) is 3. The normalized spacial score (nSPS) is 32.8. The van der Waals surface area contributed by atoms with Crippen molar-refractivity contribution in [2.75, 3.05) is 13.1 Å². The zero-order valence-electron chi connectivity index (χ0n) is 26.1. The molecule has 7 rings (SSSR count). The van der Waals surface area contributed by atoms with Crippen molar-refractivity contribution >= 4 is 6.21 Å². The van der Waals surface area contributed by atoms with E-state index in [0.717, 1.165) is 56.0 Å². The van der Waals surface area contributed by atoms with Gasteiger partial charge >= 0.3 is 6.36 Å². The van der Waals surface area contributed by atoms with E-state index in [-0.39, 0.29) is 23.8 Å². The van der Waals surface area contributed by atoms with Gasteiger partial charge in [-0.05, 0) is 111 Å². The maximum atomic E-state index is 12.9. The number of ether oxygens (including phenoxy) is 1. The number of para-hydroxylation sites is 1. The standard InChI is InChI=1S/C35H46F3N5O2/c1-2-24-13-30(28(17-39)20-42-33(24)41-19-25-5-3-4-6-31(25)45-35(36,37)38)43-21-34-14-23-11-26(15-34)32(27(12-23)16-34)40-18-22-7-9-29(44)10-8-22/h3-6,20,22-23,26-27,29,32,40-41,43-44H,2,7-16,18-19,21H2,1H3. The highest BCUT2D eigenvalue weighted by molar-refractivity contribution is 5.86. The predicted octanol–water partition coefficient (Wildman–Crippen LogP) is 6.47. The average Bonchev–Trinajstić information content (AvgIpc) is 3.17. The van der Waals surface area contributed by atoms with Crippen LogP contribution in [0.4, 0.5) is 13.2 Å². The first-order valence-electron chi connectivity index (χ1n) is 16.8. The lowest BCUT2D eigenvalue weighted by Crippen LogP contribution is -2.60. The minimum absolute atomic E-state index is 0.109. The fourth-order valence-corrected chi connectivity index (χ4v) is 9.15. The number of nitriles is 1. The third-order valence-corrected chi connectivity index (χ3v) is 11.1. The third kappa shape index (κ3) is 7.52. The Morgan fingerprint density at radius 1 is 1.07 bits per heavy atom. The van der Waals surface area contributed by atoms with Crippen LogP contribution < -0.4 is 20.7 Å². The molecule has 1 heterocycles. The summed E-state index contributed by atoms with van der Waals surface area (Å²) >= 11 is 0. The van der Waals surface area contributed by atoms with Gasteiger partial charge in [-0.1, -0.05) is 25.1 Å². The van der Waals surface area contributed by atoms with Crippen LogP contribution in [0.25, 0.3) is 0 Å². The molecule has 2 atom stereocenters. The first kappa shape index (κ1) is 31.9. The second-order valence-corrected chi connectivity index (χ2v) is 14.2. The van der Waals surface area contributed by atoms with Crippen LogP contribution in [-0.2, 0) is 6.54 Å². The Morgan fingerprint density at radius 2 is 1.80 bits per heavy atom. The van der Waals surface area contributed by atoms with Crippen molar-refractivity contribution in [1.29, 1.82) is 5.26 Å². The topological polar surface area (TPSA) is 102 Å². The number of nitrogens with zero attached hydrogens (tertiary/aromatic N) is 2. The van der Waals surface area contributed by atoms with Crippen molar-refractivity contribution in [3.8, 4) is 11.8 Å². The molecule has 0 saturated heterocycles. The monoisotopic (exact) mass is 625 g/mol. The van der Waals surface area contributed by atoms with E-state index in [4.69, 9.17) is 0 Å². The second kappa shape index (κ2) is 13.4. The van der Waals surface area contributed by atoms with Gasteiger partial charge in [0.15, 0.2) is 0 Å².